The molecule has 2 heterocycles. The predicted octanol–water partition coefficient (Wildman–Crippen LogP) is -0.212. The molecule has 80 valence electrons. The van der Waals surface area contributed by atoms with E-state index in [-0.39, 0.29) is 18.4 Å². The van der Waals surface area contributed by atoms with Crippen LogP contribution < -0.4 is 5.32 Å². The van der Waals surface area contributed by atoms with Crippen molar-refractivity contribution >= 4 is 24.3 Å². The highest BCUT2D eigenvalue weighted by Crippen LogP contribution is 2.54. The lowest BCUT2D eigenvalue weighted by molar-refractivity contribution is -0.162. The highest BCUT2D eigenvalue weighted by molar-refractivity contribution is 5.89. The minimum absolute atomic E-state index is 0. The van der Waals surface area contributed by atoms with Crippen molar-refractivity contribution in [3.63, 3.8) is 0 Å². The van der Waals surface area contributed by atoms with E-state index in [1.807, 2.05) is 0 Å². The Kier molecular flexibility index (Phi) is 2.49. The van der Waals surface area contributed by atoms with Gasteiger partial charge in [-0.15, -0.1) is 12.4 Å². The summed E-state index contributed by atoms with van der Waals surface area (Å²) in [7, 11) is 1.33. The van der Waals surface area contributed by atoms with Crippen molar-refractivity contribution in [1.82, 2.24) is 5.32 Å². The molecule has 2 saturated heterocycles. The fourth-order valence-corrected chi connectivity index (χ4v) is 2.35. The Bertz CT molecular complexity index is 285. The first-order valence-electron chi connectivity index (χ1n) is 4.12. The number of rotatable bonds is 2. The molecule has 5 nitrogen and oxygen atoms in total. The van der Waals surface area contributed by atoms with E-state index in [1.165, 1.54) is 7.11 Å². The minimum atomic E-state index is -0.871. The fraction of sp³-hybridized carbons (Fsp3) is 0.750. The number of hydrogen-bond acceptors (Lipinski definition) is 4. The molecule has 0 aromatic rings. The Morgan fingerprint density at radius 2 is 2.00 bits per heavy atom. The van der Waals surface area contributed by atoms with Crippen LogP contribution in [-0.2, 0) is 14.3 Å². The summed E-state index contributed by atoms with van der Waals surface area (Å²) in [4.78, 5) is 22.1. The van der Waals surface area contributed by atoms with Gasteiger partial charge in [0.15, 0.2) is 0 Å². The van der Waals surface area contributed by atoms with E-state index in [0.717, 1.165) is 0 Å². The number of carbonyl (C=O) groups is 2. The minimum Gasteiger partial charge on any atom is -0.480 e. The number of esters is 1. The normalized spacial score (nSPS) is 38.1. The second-order valence-corrected chi connectivity index (χ2v) is 3.87. The van der Waals surface area contributed by atoms with E-state index in [2.05, 4.69) is 10.1 Å². The van der Waals surface area contributed by atoms with Gasteiger partial charge >= 0.3 is 11.9 Å². The molecule has 14 heavy (non-hydrogen) atoms. The molecule has 0 aromatic heterocycles. The predicted molar refractivity (Wildman–Crippen MR) is 49.3 cm³/mol. The average Bonchev–Trinajstić information content (AvgIpc) is 2.57. The molecule has 6 heteroatoms. The fourth-order valence-electron chi connectivity index (χ4n) is 2.35. The smallest absolute Gasteiger partial charge is 0.323 e. The molecule has 3 aliphatic rings. The second-order valence-electron chi connectivity index (χ2n) is 3.87. The molecule has 0 atom stereocenters. The van der Waals surface area contributed by atoms with E-state index in [4.69, 9.17) is 5.11 Å². The first-order valence-corrected chi connectivity index (χ1v) is 4.12. The van der Waals surface area contributed by atoms with Crippen LogP contribution in [0.1, 0.15) is 12.8 Å². The van der Waals surface area contributed by atoms with Gasteiger partial charge in [-0.25, -0.2) is 0 Å². The first kappa shape index (κ1) is 11.3. The van der Waals surface area contributed by atoms with Crippen molar-refractivity contribution in [2.24, 2.45) is 5.41 Å². The van der Waals surface area contributed by atoms with Crippen LogP contribution in [0.25, 0.3) is 0 Å². The Labute approximate surface area is 87.2 Å². The van der Waals surface area contributed by atoms with Gasteiger partial charge in [0.1, 0.15) is 5.54 Å². The monoisotopic (exact) mass is 221 g/mol. The third-order valence-electron chi connectivity index (χ3n) is 3.07. The molecule has 2 aliphatic heterocycles. The maximum Gasteiger partial charge on any atom is 0.323 e. The number of aliphatic carboxylic acids is 1. The van der Waals surface area contributed by atoms with Crippen molar-refractivity contribution < 1.29 is 19.4 Å². The highest BCUT2D eigenvalue weighted by Gasteiger charge is 2.69. The van der Waals surface area contributed by atoms with Crippen LogP contribution in [0.3, 0.4) is 0 Å². The molecule has 1 aliphatic carbocycles. The van der Waals surface area contributed by atoms with E-state index >= 15 is 0 Å². The van der Waals surface area contributed by atoms with E-state index in [0.29, 0.717) is 19.4 Å². The first-order chi connectivity index (χ1) is 6.05. The lowest BCUT2D eigenvalue weighted by Gasteiger charge is -2.40. The van der Waals surface area contributed by atoms with Crippen molar-refractivity contribution in [1.29, 1.82) is 0 Å². The molecule has 0 unspecified atom stereocenters. The molecule has 3 rings (SSSR count). The van der Waals surface area contributed by atoms with E-state index in [1.54, 1.807) is 0 Å². The molecule has 1 saturated carbocycles. The van der Waals surface area contributed by atoms with Gasteiger partial charge in [-0.1, -0.05) is 0 Å². The number of halogens is 1. The molecule has 2 N–H and O–H groups in total. The van der Waals surface area contributed by atoms with Crippen molar-refractivity contribution in [3.05, 3.63) is 0 Å². The summed E-state index contributed by atoms with van der Waals surface area (Å²) in [5.41, 5.74) is -1.42. The van der Waals surface area contributed by atoms with Crippen LogP contribution in [0.15, 0.2) is 0 Å². The number of hydrogen-bond donors (Lipinski definition) is 2. The summed E-state index contributed by atoms with van der Waals surface area (Å²) in [6.45, 7) is 0.423. The standard InChI is InChI=1S/C8H11NO4.ClH/c1-13-6(12)7-2-8(3-7,5(10)11)9-4-7;/h9H,2-4H2,1H3,(H,10,11);1H. The van der Waals surface area contributed by atoms with E-state index < -0.39 is 16.9 Å². The van der Waals surface area contributed by atoms with Gasteiger partial charge in [-0.3, -0.25) is 9.59 Å². The highest BCUT2D eigenvalue weighted by atomic mass is 35.5. The lowest BCUT2D eigenvalue weighted by atomic mass is 9.62. The zero-order valence-electron chi connectivity index (χ0n) is 7.70. The number of ether oxygens (including phenoxy) is 1. The molecule has 0 amide bonds. The van der Waals surface area contributed by atoms with Crippen molar-refractivity contribution in [2.75, 3.05) is 13.7 Å². The Morgan fingerprint density at radius 1 is 1.43 bits per heavy atom. The Balaban J connectivity index is 0.000000980. The molecule has 0 radical (unpaired) electrons. The topological polar surface area (TPSA) is 75.6 Å². The summed E-state index contributed by atoms with van der Waals surface area (Å²) < 4.78 is 4.63. The number of carboxylic acids is 1. The Morgan fingerprint density at radius 3 is 2.36 bits per heavy atom. The van der Waals surface area contributed by atoms with Gasteiger partial charge in [-0.05, 0) is 12.8 Å². The zero-order valence-corrected chi connectivity index (χ0v) is 8.52. The largest absolute Gasteiger partial charge is 0.480 e. The van der Waals surface area contributed by atoms with Crippen LogP contribution in [-0.4, -0.2) is 36.2 Å². The molecule has 0 aromatic carbocycles. The average molecular weight is 222 g/mol. The molecular formula is C8H12ClNO4. The van der Waals surface area contributed by atoms with Crippen LogP contribution in [0.5, 0.6) is 0 Å². The van der Waals surface area contributed by atoms with Gasteiger partial charge in [0, 0.05) is 6.54 Å². The summed E-state index contributed by atoms with van der Waals surface area (Å²) in [5.74, 6) is -1.17. The quantitative estimate of drug-likeness (QED) is 0.631. The van der Waals surface area contributed by atoms with Crippen LogP contribution in [0.4, 0.5) is 0 Å². The molecular weight excluding hydrogens is 210 g/mol. The summed E-state index contributed by atoms with van der Waals surface area (Å²) >= 11 is 0. The number of methoxy groups -OCH3 is 1. The van der Waals surface area contributed by atoms with Gasteiger partial charge < -0.3 is 15.2 Å². The number of fused-ring (bicyclic) bond motifs is 1. The third-order valence-corrected chi connectivity index (χ3v) is 3.07. The lowest BCUT2D eigenvalue weighted by Crippen LogP contribution is -2.56. The summed E-state index contributed by atoms with van der Waals surface area (Å²) in [6.07, 6.45) is 0.726. The number of carbonyl (C=O) groups excluding carboxylic acids is 1. The van der Waals surface area contributed by atoms with Gasteiger partial charge in [0.05, 0.1) is 12.5 Å². The maximum absolute atomic E-state index is 11.3. The van der Waals surface area contributed by atoms with Crippen LogP contribution in [0, 0.1) is 5.41 Å². The van der Waals surface area contributed by atoms with Gasteiger partial charge in [-0.2, -0.15) is 0 Å². The maximum atomic E-state index is 11.3. The summed E-state index contributed by atoms with van der Waals surface area (Å²) in [5, 5.41) is 11.7. The number of nitrogens with one attached hydrogen (secondary N) is 1. The van der Waals surface area contributed by atoms with E-state index in [9.17, 15) is 9.59 Å². The Hall–Kier alpha value is -0.810. The van der Waals surface area contributed by atoms with Gasteiger partial charge in [0.25, 0.3) is 0 Å². The molecule has 0 spiro atoms. The van der Waals surface area contributed by atoms with Gasteiger partial charge in [0.2, 0.25) is 0 Å². The molecule has 2 bridgehead atoms. The SMILES string of the molecule is COC(=O)C12CNC(C(=O)O)(C1)C2.Cl. The third kappa shape index (κ3) is 1.12. The molecule has 3 fully saturated rings. The van der Waals surface area contributed by atoms with Crippen molar-refractivity contribution in [3.8, 4) is 0 Å². The van der Waals surface area contributed by atoms with Crippen LogP contribution >= 0.6 is 12.4 Å². The second kappa shape index (κ2) is 3.10. The zero-order chi connectivity index (χ0) is 9.69. The summed E-state index contributed by atoms with van der Waals surface area (Å²) in [6, 6.07) is 0. The van der Waals surface area contributed by atoms with Crippen molar-refractivity contribution in [2.45, 2.75) is 18.4 Å². The number of carboxylic acid groups (broad SMARTS) is 1. The van der Waals surface area contributed by atoms with Crippen LogP contribution in [0.2, 0.25) is 0 Å².